The largest absolute Gasteiger partial charge is 0.316 e. The normalized spacial score (nSPS) is 26.1. The second-order valence-electron chi connectivity index (χ2n) is 7.82. The molecule has 2 heteroatoms. The Balaban J connectivity index is 2.04. The molecule has 0 aliphatic heterocycles. The van der Waals surface area contributed by atoms with Crippen molar-refractivity contribution < 1.29 is 0 Å². The Kier molecular flexibility index (Phi) is 5.30. The van der Waals surface area contributed by atoms with Crippen molar-refractivity contribution in [1.29, 1.82) is 0 Å². The van der Waals surface area contributed by atoms with Crippen LogP contribution in [0.3, 0.4) is 0 Å². The van der Waals surface area contributed by atoms with Crippen LogP contribution in [0.15, 0.2) is 11.4 Å². The molecule has 0 radical (unpaired) electrons. The molecule has 2 atom stereocenters. The smallest absolute Gasteiger partial charge is 0.00171 e. The number of aryl methyl sites for hydroxylation is 1. The van der Waals surface area contributed by atoms with E-state index in [1.54, 1.807) is 5.56 Å². The first-order valence-corrected chi connectivity index (χ1v) is 9.01. The number of thiophene rings is 1. The van der Waals surface area contributed by atoms with E-state index in [2.05, 4.69) is 51.4 Å². The van der Waals surface area contributed by atoms with Gasteiger partial charge in [-0.15, -0.1) is 11.3 Å². The summed E-state index contributed by atoms with van der Waals surface area (Å²) in [5, 5.41) is 6.09. The van der Waals surface area contributed by atoms with Gasteiger partial charge in [0.2, 0.25) is 0 Å². The second kappa shape index (κ2) is 6.62. The summed E-state index contributed by atoms with van der Waals surface area (Å²) in [6.07, 6.45) is 4.09. The molecule has 0 bridgehead atoms. The van der Waals surface area contributed by atoms with Crippen LogP contribution in [-0.4, -0.2) is 13.1 Å². The summed E-state index contributed by atoms with van der Waals surface area (Å²) in [5.74, 6) is 2.32. The van der Waals surface area contributed by atoms with Crippen molar-refractivity contribution >= 4 is 11.3 Å². The van der Waals surface area contributed by atoms with Gasteiger partial charge in [0.1, 0.15) is 0 Å². The lowest BCUT2D eigenvalue weighted by atomic mass is 9.65. The summed E-state index contributed by atoms with van der Waals surface area (Å²) in [6.45, 7) is 14.0. The fourth-order valence-electron chi connectivity index (χ4n) is 3.49. The van der Waals surface area contributed by atoms with Crippen molar-refractivity contribution in [2.24, 2.45) is 17.3 Å². The average molecular weight is 294 g/mol. The second-order valence-corrected chi connectivity index (χ2v) is 8.93. The maximum Gasteiger partial charge on any atom is 0.00171 e. The third-order valence-electron chi connectivity index (χ3n) is 4.67. The first kappa shape index (κ1) is 16.0. The van der Waals surface area contributed by atoms with Crippen LogP contribution < -0.4 is 5.32 Å². The first-order chi connectivity index (χ1) is 9.37. The highest BCUT2D eigenvalue weighted by molar-refractivity contribution is 7.10. The van der Waals surface area contributed by atoms with Gasteiger partial charge >= 0.3 is 0 Å². The van der Waals surface area contributed by atoms with Gasteiger partial charge in [-0.3, -0.25) is 0 Å². The van der Waals surface area contributed by atoms with Gasteiger partial charge in [0.05, 0.1) is 0 Å². The molecule has 1 nitrogen and oxygen atoms in total. The highest BCUT2D eigenvalue weighted by atomic mass is 32.1. The van der Waals surface area contributed by atoms with Crippen LogP contribution in [0.4, 0.5) is 0 Å². The Bertz CT molecular complexity index is 419. The van der Waals surface area contributed by atoms with Gasteiger partial charge in [0.15, 0.2) is 0 Å². The SMILES string of the molecule is Cc1cc(C2CC(C)(C)CCC2CNCC(C)C)cs1. The van der Waals surface area contributed by atoms with Crippen LogP contribution in [0.2, 0.25) is 0 Å². The lowest BCUT2D eigenvalue weighted by molar-refractivity contribution is 0.159. The van der Waals surface area contributed by atoms with E-state index < -0.39 is 0 Å². The van der Waals surface area contributed by atoms with Crippen LogP contribution in [0, 0.1) is 24.2 Å². The van der Waals surface area contributed by atoms with Crippen LogP contribution in [0.5, 0.6) is 0 Å². The van der Waals surface area contributed by atoms with Crippen LogP contribution in [0.25, 0.3) is 0 Å². The molecule has 0 saturated heterocycles. The molecule has 20 heavy (non-hydrogen) atoms. The fraction of sp³-hybridized carbons (Fsp3) is 0.778. The van der Waals surface area contributed by atoms with Crippen molar-refractivity contribution in [2.75, 3.05) is 13.1 Å². The number of nitrogens with one attached hydrogen (secondary N) is 1. The molecule has 1 aromatic heterocycles. The van der Waals surface area contributed by atoms with Crippen molar-refractivity contribution in [2.45, 2.75) is 59.8 Å². The van der Waals surface area contributed by atoms with Gasteiger partial charge in [-0.05, 0) is 79.5 Å². The highest BCUT2D eigenvalue weighted by Crippen LogP contribution is 2.47. The van der Waals surface area contributed by atoms with Crippen LogP contribution in [0.1, 0.15) is 63.3 Å². The first-order valence-electron chi connectivity index (χ1n) is 8.13. The Morgan fingerprint density at radius 1 is 1.40 bits per heavy atom. The van der Waals surface area contributed by atoms with Gasteiger partial charge in [0, 0.05) is 4.88 Å². The van der Waals surface area contributed by atoms with Crippen molar-refractivity contribution in [3.8, 4) is 0 Å². The third-order valence-corrected chi connectivity index (χ3v) is 5.55. The summed E-state index contributed by atoms with van der Waals surface area (Å²) in [7, 11) is 0. The summed E-state index contributed by atoms with van der Waals surface area (Å²) in [6, 6.07) is 2.42. The number of rotatable bonds is 5. The van der Waals surface area contributed by atoms with Gasteiger partial charge in [0.25, 0.3) is 0 Å². The molecule has 1 fully saturated rings. The summed E-state index contributed by atoms with van der Waals surface area (Å²) in [5.41, 5.74) is 2.10. The van der Waals surface area contributed by atoms with E-state index in [-0.39, 0.29) is 0 Å². The molecule has 0 aromatic carbocycles. The maximum atomic E-state index is 3.69. The molecule has 0 amide bonds. The lowest BCUT2D eigenvalue weighted by Crippen LogP contribution is -2.35. The van der Waals surface area contributed by atoms with Crippen molar-refractivity contribution in [1.82, 2.24) is 5.32 Å². The molecule has 1 aliphatic rings. The van der Waals surface area contributed by atoms with E-state index in [1.165, 1.54) is 30.7 Å². The zero-order valence-electron chi connectivity index (χ0n) is 13.8. The molecule has 1 N–H and O–H groups in total. The number of hydrogen-bond acceptors (Lipinski definition) is 2. The predicted molar refractivity (Wildman–Crippen MR) is 90.6 cm³/mol. The van der Waals surface area contributed by atoms with E-state index >= 15 is 0 Å². The molecular weight excluding hydrogens is 262 g/mol. The van der Waals surface area contributed by atoms with Crippen LogP contribution >= 0.6 is 11.3 Å². The van der Waals surface area contributed by atoms with E-state index in [0.717, 1.165) is 24.3 Å². The van der Waals surface area contributed by atoms with Gasteiger partial charge in [-0.1, -0.05) is 27.7 Å². The molecule has 2 rings (SSSR count). The molecule has 2 unspecified atom stereocenters. The predicted octanol–water partition coefficient (Wildman–Crippen LogP) is 5.21. The third kappa shape index (κ3) is 4.33. The van der Waals surface area contributed by atoms with E-state index in [1.807, 2.05) is 11.3 Å². The summed E-state index contributed by atoms with van der Waals surface area (Å²) >= 11 is 1.91. The standard InChI is InChI=1S/C18H31NS/c1-13(2)10-19-11-15-6-7-18(4,5)9-17(15)16-8-14(3)20-12-16/h8,12-13,15,17,19H,6-7,9-11H2,1-5H3. The van der Waals surface area contributed by atoms with Gasteiger partial charge in [-0.2, -0.15) is 0 Å². The topological polar surface area (TPSA) is 12.0 Å². The minimum absolute atomic E-state index is 0.509. The Labute approximate surface area is 129 Å². The van der Waals surface area contributed by atoms with E-state index in [9.17, 15) is 0 Å². The Hall–Kier alpha value is -0.340. The average Bonchev–Trinajstić information content (AvgIpc) is 2.77. The Morgan fingerprint density at radius 2 is 2.15 bits per heavy atom. The minimum Gasteiger partial charge on any atom is -0.316 e. The molecule has 1 aliphatic carbocycles. The zero-order valence-corrected chi connectivity index (χ0v) is 14.6. The molecule has 1 aromatic rings. The summed E-state index contributed by atoms with van der Waals surface area (Å²) in [4.78, 5) is 1.46. The minimum atomic E-state index is 0.509. The monoisotopic (exact) mass is 293 g/mol. The molecular formula is C18H31NS. The highest BCUT2D eigenvalue weighted by Gasteiger charge is 2.35. The molecule has 0 spiro atoms. The van der Waals surface area contributed by atoms with E-state index in [4.69, 9.17) is 0 Å². The molecule has 1 saturated carbocycles. The molecule has 114 valence electrons. The maximum absolute atomic E-state index is 3.69. The lowest BCUT2D eigenvalue weighted by Gasteiger charge is -2.41. The fourth-order valence-corrected chi connectivity index (χ4v) is 4.26. The summed E-state index contributed by atoms with van der Waals surface area (Å²) < 4.78 is 0. The number of hydrogen-bond donors (Lipinski definition) is 1. The van der Waals surface area contributed by atoms with Crippen molar-refractivity contribution in [3.63, 3.8) is 0 Å². The van der Waals surface area contributed by atoms with Crippen molar-refractivity contribution in [3.05, 3.63) is 21.9 Å². The Morgan fingerprint density at radius 3 is 2.75 bits per heavy atom. The van der Waals surface area contributed by atoms with Crippen LogP contribution in [-0.2, 0) is 0 Å². The molecule has 1 heterocycles. The van der Waals surface area contributed by atoms with Gasteiger partial charge < -0.3 is 5.32 Å². The van der Waals surface area contributed by atoms with Gasteiger partial charge in [-0.25, -0.2) is 0 Å². The van der Waals surface area contributed by atoms with E-state index in [0.29, 0.717) is 5.41 Å². The zero-order chi connectivity index (χ0) is 14.8. The quantitative estimate of drug-likeness (QED) is 0.785.